The van der Waals surface area contributed by atoms with Crippen molar-refractivity contribution in [2.24, 2.45) is 5.92 Å². The van der Waals surface area contributed by atoms with Crippen molar-refractivity contribution in [2.75, 3.05) is 0 Å². The molecule has 0 heterocycles. The van der Waals surface area contributed by atoms with E-state index in [1.807, 2.05) is 0 Å². The highest BCUT2D eigenvalue weighted by molar-refractivity contribution is 7.78. The Labute approximate surface area is 110 Å². The Morgan fingerprint density at radius 2 is 1.06 bits per heavy atom. The first-order valence-corrected chi connectivity index (χ1v) is 9.77. The first-order chi connectivity index (χ1) is 7.83. The summed E-state index contributed by atoms with van der Waals surface area (Å²) in [7, 11) is -0.814. The molecule has 0 aromatic heterocycles. The van der Waals surface area contributed by atoms with Crippen LogP contribution in [0.3, 0.4) is 0 Å². The predicted molar refractivity (Wildman–Crippen MR) is 83.7 cm³/mol. The Balaban J connectivity index is 2.96. The monoisotopic (exact) mass is 257 g/mol. The zero-order valence-electron chi connectivity index (χ0n) is 13.2. The quantitative estimate of drug-likeness (QED) is 0.558. The fraction of sp³-hybridized carbons (Fsp3) is 1.00. The van der Waals surface area contributed by atoms with Gasteiger partial charge in [-0.25, -0.2) is 0 Å². The molecule has 0 aromatic rings. The van der Waals surface area contributed by atoms with Gasteiger partial charge in [0.2, 0.25) is 0 Å². The lowest BCUT2D eigenvalue weighted by Gasteiger charge is -2.46. The van der Waals surface area contributed by atoms with Gasteiger partial charge in [-0.2, -0.15) is 0 Å². The summed E-state index contributed by atoms with van der Waals surface area (Å²) in [5.41, 5.74) is 3.82. The molecule has 0 aromatic carbocycles. The van der Waals surface area contributed by atoms with E-state index in [-0.39, 0.29) is 0 Å². The Morgan fingerprint density at radius 1 is 0.706 bits per heavy atom. The summed E-state index contributed by atoms with van der Waals surface area (Å²) in [5, 5.41) is 0. The van der Waals surface area contributed by atoms with Crippen LogP contribution in [0.1, 0.15) is 74.1 Å². The minimum Gasteiger partial charge on any atom is -0.0625 e. The zero-order valence-corrected chi connectivity index (χ0v) is 14.1. The Hall–Kier alpha value is 0.430. The van der Waals surface area contributed by atoms with Crippen LogP contribution >= 0.6 is 7.26 Å². The second-order valence-corrected chi connectivity index (χ2v) is 12.7. The maximum absolute atomic E-state index is 2.51. The van der Waals surface area contributed by atoms with Crippen LogP contribution in [0.2, 0.25) is 0 Å². The van der Waals surface area contributed by atoms with Crippen LogP contribution in [-0.2, 0) is 0 Å². The lowest BCUT2D eigenvalue weighted by atomic mass is 9.90. The largest absolute Gasteiger partial charge is 0.0705 e. The topological polar surface area (TPSA) is 0 Å². The highest BCUT2D eigenvalue weighted by Gasteiger charge is 2.53. The van der Waals surface area contributed by atoms with Gasteiger partial charge in [0.15, 0.2) is 0 Å². The summed E-state index contributed by atoms with van der Waals surface area (Å²) < 4.78 is 0. The van der Waals surface area contributed by atoms with Gasteiger partial charge in [-0.05, 0) is 73.1 Å². The average molecular weight is 257 g/mol. The van der Waals surface area contributed by atoms with Crippen LogP contribution in [0.5, 0.6) is 0 Å². The third-order valence-corrected chi connectivity index (χ3v) is 12.4. The molecule has 0 unspecified atom stereocenters. The molecule has 1 heteroatoms. The number of hydrogen-bond donors (Lipinski definition) is 0. The molecule has 0 bridgehead atoms. The normalized spacial score (nSPS) is 27.2. The summed E-state index contributed by atoms with van der Waals surface area (Å²) in [5.74, 6) is 0.986. The SMILES string of the molecule is CC1CCC([P+](C(C)C)(C(C)C)C(C)C)CC1. The van der Waals surface area contributed by atoms with Gasteiger partial charge in [0, 0.05) is 7.26 Å². The molecule has 1 saturated carbocycles. The fourth-order valence-corrected chi connectivity index (χ4v) is 12.0. The van der Waals surface area contributed by atoms with Gasteiger partial charge < -0.3 is 0 Å². The second kappa shape index (κ2) is 6.05. The Kier molecular flexibility index (Phi) is 5.51. The van der Waals surface area contributed by atoms with E-state index >= 15 is 0 Å². The minimum absolute atomic E-state index is 0.814. The first-order valence-electron chi connectivity index (χ1n) is 7.71. The van der Waals surface area contributed by atoms with E-state index in [1.165, 1.54) is 25.7 Å². The minimum atomic E-state index is -0.814. The van der Waals surface area contributed by atoms with Crippen LogP contribution in [0.15, 0.2) is 0 Å². The van der Waals surface area contributed by atoms with Gasteiger partial charge >= 0.3 is 0 Å². The molecule has 0 radical (unpaired) electrons. The summed E-state index contributed by atoms with van der Waals surface area (Å²) in [4.78, 5) is 0. The van der Waals surface area contributed by atoms with Gasteiger partial charge in [-0.15, -0.1) is 0 Å². The van der Waals surface area contributed by atoms with Crippen molar-refractivity contribution >= 4 is 7.26 Å². The summed E-state index contributed by atoms with van der Waals surface area (Å²) in [6.07, 6.45) is 6.00. The lowest BCUT2D eigenvalue weighted by Crippen LogP contribution is -2.35. The van der Waals surface area contributed by atoms with E-state index in [9.17, 15) is 0 Å². The molecule has 1 aliphatic carbocycles. The van der Waals surface area contributed by atoms with Crippen molar-refractivity contribution in [1.82, 2.24) is 0 Å². The van der Waals surface area contributed by atoms with Crippen LogP contribution in [-0.4, -0.2) is 22.6 Å². The predicted octanol–water partition coefficient (Wildman–Crippen LogP) is 5.81. The van der Waals surface area contributed by atoms with E-state index in [2.05, 4.69) is 48.5 Å². The molecule has 1 rings (SSSR count). The smallest absolute Gasteiger partial charge is 0.0625 e. The molecule has 0 aliphatic heterocycles. The van der Waals surface area contributed by atoms with Crippen molar-refractivity contribution in [2.45, 2.75) is 96.8 Å². The van der Waals surface area contributed by atoms with Gasteiger partial charge in [-0.1, -0.05) is 6.92 Å². The van der Waals surface area contributed by atoms with Gasteiger partial charge in [0.25, 0.3) is 0 Å². The molecule has 0 saturated heterocycles. The summed E-state index contributed by atoms with van der Waals surface area (Å²) in [6, 6.07) is 0. The maximum atomic E-state index is 2.51. The van der Waals surface area contributed by atoms with E-state index in [0.717, 1.165) is 28.6 Å². The Bertz CT molecular complexity index is 200. The van der Waals surface area contributed by atoms with Crippen LogP contribution in [0.25, 0.3) is 0 Å². The van der Waals surface area contributed by atoms with Gasteiger partial charge in [0.05, 0.1) is 22.6 Å². The molecule has 0 atom stereocenters. The molecule has 17 heavy (non-hydrogen) atoms. The van der Waals surface area contributed by atoms with Gasteiger partial charge in [-0.3, -0.25) is 0 Å². The van der Waals surface area contributed by atoms with Crippen molar-refractivity contribution in [3.05, 3.63) is 0 Å². The lowest BCUT2D eigenvalue weighted by molar-refractivity contribution is 0.385. The van der Waals surface area contributed by atoms with Crippen molar-refractivity contribution < 1.29 is 0 Å². The fourth-order valence-electron chi connectivity index (χ4n) is 4.74. The van der Waals surface area contributed by atoms with Crippen LogP contribution in [0.4, 0.5) is 0 Å². The van der Waals surface area contributed by atoms with Crippen molar-refractivity contribution in [3.8, 4) is 0 Å². The average Bonchev–Trinajstić information content (AvgIpc) is 2.20. The summed E-state index contributed by atoms with van der Waals surface area (Å²) in [6.45, 7) is 17.5. The second-order valence-electron chi connectivity index (χ2n) is 7.09. The van der Waals surface area contributed by atoms with Crippen molar-refractivity contribution in [3.63, 3.8) is 0 Å². The van der Waals surface area contributed by atoms with Crippen LogP contribution < -0.4 is 0 Å². The molecule has 102 valence electrons. The Morgan fingerprint density at radius 3 is 1.35 bits per heavy atom. The highest BCUT2D eigenvalue weighted by atomic mass is 31.2. The summed E-state index contributed by atoms with van der Waals surface area (Å²) >= 11 is 0. The van der Waals surface area contributed by atoms with Crippen molar-refractivity contribution in [1.29, 1.82) is 0 Å². The molecule has 0 spiro atoms. The van der Waals surface area contributed by atoms with E-state index in [1.54, 1.807) is 0 Å². The molecule has 1 aliphatic rings. The van der Waals surface area contributed by atoms with Gasteiger partial charge in [0.1, 0.15) is 0 Å². The molecular formula is C16H34P+. The third kappa shape index (κ3) is 2.89. The highest BCUT2D eigenvalue weighted by Crippen LogP contribution is 2.75. The molecule has 0 N–H and O–H groups in total. The molecular weight excluding hydrogens is 223 g/mol. The van der Waals surface area contributed by atoms with E-state index in [4.69, 9.17) is 0 Å². The van der Waals surface area contributed by atoms with Crippen LogP contribution in [0, 0.1) is 5.92 Å². The first kappa shape index (κ1) is 15.5. The molecule has 0 amide bonds. The van der Waals surface area contributed by atoms with E-state index < -0.39 is 7.26 Å². The maximum Gasteiger partial charge on any atom is 0.0705 e. The number of hydrogen-bond acceptors (Lipinski definition) is 0. The van der Waals surface area contributed by atoms with E-state index in [0.29, 0.717) is 0 Å². The standard InChI is InChI=1S/C16H34P/c1-12(2)17(13(3)4,14(5)6)16-10-8-15(7)9-11-16/h12-16H,8-11H2,1-7H3/q+1. The molecule has 1 fully saturated rings. The third-order valence-electron chi connectivity index (χ3n) is 5.30. The number of rotatable bonds is 4. The molecule has 0 nitrogen and oxygen atoms in total. The zero-order chi connectivity index (χ0) is 13.2.